The second-order valence-corrected chi connectivity index (χ2v) is 6.24. The number of halogens is 1. The van der Waals surface area contributed by atoms with Gasteiger partial charge in [0.05, 0.1) is 7.11 Å². The van der Waals surface area contributed by atoms with E-state index in [9.17, 15) is 14.0 Å². The molecule has 0 saturated carbocycles. The van der Waals surface area contributed by atoms with Crippen LogP contribution in [0.4, 0.5) is 4.39 Å². The number of esters is 1. The number of aromatic nitrogens is 4. The van der Waals surface area contributed by atoms with Gasteiger partial charge < -0.3 is 18.4 Å². The molecule has 4 rings (SSSR count). The fourth-order valence-corrected chi connectivity index (χ4v) is 2.62. The fourth-order valence-electron chi connectivity index (χ4n) is 2.62. The number of rotatable bonds is 7. The first-order chi connectivity index (χ1) is 15.0. The summed E-state index contributed by atoms with van der Waals surface area (Å²) < 4.78 is 34.1. The van der Waals surface area contributed by atoms with E-state index in [0.717, 1.165) is 4.68 Å². The number of hydrogen-bond donors (Lipinski definition) is 0. The summed E-state index contributed by atoms with van der Waals surface area (Å²) in [5, 5.41) is 7.75. The van der Waals surface area contributed by atoms with Crippen LogP contribution in [0.1, 0.15) is 5.89 Å². The van der Waals surface area contributed by atoms with Gasteiger partial charge in [-0.05, 0) is 36.4 Å². The maximum Gasteiger partial charge on any atom is 0.437 e. The zero-order valence-corrected chi connectivity index (χ0v) is 16.1. The monoisotopic (exact) mass is 426 g/mol. The van der Waals surface area contributed by atoms with Gasteiger partial charge in [-0.15, -0.1) is 5.10 Å². The highest BCUT2D eigenvalue weighted by atomic mass is 19.1. The summed E-state index contributed by atoms with van der Waals surface area (Å²) in [7, 11) is 1.54. The Morgan fingerprint density at radius 3 is 2.74 bits per heavy atom. The van der Waals surface area contributed by atoms with Gasteiger partial charge in [-0.2, -0.15) is 9.67 Å². The molecule has 2 heterocycles. The van der Waals surface area contributed by atoms with E-state index in [0.29, 0.717) is 22.7 Å². The van der Waals surface area contributed by atoms with Gasteiger partial charge in [0.1, 0.15) is 18.1 Å². The molecule has 0 bridgehead atoms. The lowest BCUT2D eigenvalue weighted by atomic mass is 10.2. The van der Waals surface area contributed by atoms with Gasteiger partial charge in [0, 0.05) is 11.1 Å². The van der Waals surface area contributed by atoms with Gasteiger partial charge >= 0.3 is 11.7 Å². The molecule has 0 aliphatic heterocycles. The minimum atomic E-state index is -0.852. The van der Waals surface area contributed by atoms with Crippen molar-refractivity contribution in [1.82, 2.24) is 19.9 Å². The maximum atomic E-state index is 13.0. The Kier molecular flexibility index (Phi) is 5.56. The molecule has 0 saturated heterocycles. The van der Waals surface area contributed by atoms with Crippen LogP contribution in [-0.4, -0.2) is 33.0 Å². The molecule has 158 valence electrons. The summed E-state index contributed by atoms with van der Waals surface area (Å²) >= 11 is 0. The first-order valence-electron chi connectivity index (χ1n) is 8.98. The van der Waals surface area contributed by atoms with Crippen molar-refractivity contribution in [3.05, 3.63) is 70.8 Å². The topological polar surface area (TPSA) is 122 Å². The molecule has 0 amide bonds. The van der Waals surface area contributed by atoms with Gasteiger partial charge in [0.25, 0.3) is 5.89 Å². The minimum Gasteiger partial charge on any atom is -0.497 e. The number of nitrogens with zero attached hydrogens (tertiary/aromatic N) is 4. The van der Waals surface area contributed by atoms with E-state index in [4.69, 9.17) is 18.4 Å². The fraction of sp³-hybridized carbons (Fsp3) is 0.150. The van der Waals surface area contributed by atoms with Crippen LogP contribution in [0.25, 0.3) is 22.8 Å². The predicted octanol–water partition coefficient (Wildman–Crippen LogP) is 2.44. The van der Waals surface area contributed by atoms with Crippen LogP contribution in [0.2, 0.25) is 0 Å². The quantitative estimate of drug-likeness (QED) is 0.410. The summed E-state index contributed by atoms with van der Waals surface area (Å²) in [6.07, 6.45) is 0. The molecule has 0 N–H and O–H groups in total. The third kappa shape index (κ3) is 4.66. The summed E-state index contributed by atoms with van der Waals surface area (Å²) in [5.41, 5.74) is 1.06. The molecule has 0 radical (unpaired) electrons. The zero-order valence-electron chi connectivity index (χ0n) is 16.1. The minimum absolute atomic E-state index is 0.0439. The van der Waals surface area contributed by atoms with E-state index in [2.05, 4.69) is 15.2 Å². The van der Waals surface area contributed by atoms with Crippen molar-refractivity contribution in [2.24, 2.45) is 0 Å². The van der Waals surface area contributed by atoms with Gasteiger partial charge in [-0.1, -0.05) is 17.3 Å². The lowest BCUT2D eigenvalue weighted by Crippen LogP contribution is -2.23. The van der Waals surface area contributed by atoms with E-state index in [1.54, 1.807) is 31.4 Å². The lowest BCUT2D eigenvalue weighted by molar-refractivity contribution is -0.146. The van der Waals surface area contributed by atoms with Crippen molar-refractivity contribution >= 4 is 5.97 Å². The predicted molar refractivity (Wildman–Crippen MR) is 102 cm³/mol. The first-order valence-corrected chi connectivity index (χ1v) is 8.98. The SMILES string of the molecule is COc1cccc(-c2noc(COC(=O)Cn3nc(-c4ccc(F)cc4)oc3=O)n2)c1. The number of methoxy groups -OCH3 is 1. The molecule has 0 fully saturated rings. The van der Waals surface area contributed by atoms with Crippen LogP contribution in [0.15, 0.2) is 62.3 Å². The Hall–Kier alpha value is -4.28. The van der Waals surface area contributed by atoms with Crippen molar-refractivity contribution in [3.63, 3.8) is 0 Å². The van der Waals surface area contributed by atoms with Crippen LogP contribution in [0.5, 0.6) is 5.75 Å². The smallest absolute Gasteiger partial charge is 0.437 e. The third-order valence-electron chi connectivity index (χ3n) is 4.13. The number of hydrogen-bond acceptors (Lipinski definition) is 9. The van der Waals surface area contributed by atoms with Crippen LogP contribution >= 0.6 is 0 Å². The van der Waals surface area contributed by atoms with Gasteiger partial charge in [0.2, 0.25) is 11.7 Å². The summed E-state index contributed by atoms with van der Waals surface area (Å²) in [6, 6.07) is 12.3. The van der Waals surface area contributed by atoms with E-state index >= 15 is 0 Å². The highest BCUT2D eigenvalue weighted by Crippen LogP contribution is 2.21. The van der Waals surface area contributed by atoms with E-state index in [1.165, 1.54) is 24.3 Å². The third-order valence-corrected chi connectivity index (χ3v) is 4.13. The van der Waals surface area contributed by atoms with Gasteiger partial charge in [0.15, 0.2) is 6.61 Å². The average molecular weight is 426 g/mol. The molecule has 31 heavy (non-hydrogen) atoms. The molecule has 0 aliphatic carbocycles. The summed E-state index contributed by atoms with van der Waals surface area (Å²) in [5.74, 6) is -1.08. The highest BCUT2D eigenvalue weighted by molar-refractivity contribution is 5.69. The van der Waals surface area contributed by atoms with E-state index < -0.39 is 24.1 Å². The second kappa shape index (κ2) is 8.61. The molecule has 0 aliphatic rings. The van der Waals surface area contributed by atoms with Gasteiger partial charge in [-0.3, -0.25) is 4.79 Å². The number of ether oxygens (including phenoxy) is 2. The maximum absolute atomic E-state index is 13.0. The molecule has 10 nitrogen and oxygen atoms in total. The van der Waals surface area contributed by atoms with Crippen LogP contribution in [0.3, 0.4) is 0 Å². The Morgan fingerprint density at radius 1 is 1.16 bits per heavy atom. The number of carbonyl (C=O) groups excluding carboxylic acids is 1. The van der Waals surface area contributed by atoms with Gasteiger partial charge in [-0.25, -0.2) is 9.18 Å². The molecule has 0 atom stereocenters. The van der Waals surface area contributed by atoms with Crippen molar-refractivity contribution in [2.75, 3.05) is 7.11 Å². The van der Waals surface area contributed by atoms with Crippen LogP contribution < -0.4 is 10.5 Å². The average Bonchev–Trinajstić information content (AvgIpc) is 3.40. The summed E-state index contributed by atoms with van der Waals surface area (Å²) in [6.45, 7) is -0.770. The first kappa shape index (κ1) is 20.0. The van der Waals surface area contributed by atoms with Crippen molar-refractivity contribution < 1.29 is 27.6 Å². The van der Waals surface area contributed by atoms with Crippen molar-refractivity contribution in [1.29, 1.82) is 0 Å². The zero-order chi connectivity index (χ0) is 21.8. The second-order valence-electron chi connectivity index (χ2n) is 6.24. The molecule has 2 aromatic heterocycles. The molecule has 0 spiro atoms. The molecule has 11 heteroatoms. The Bertz CT molecular complexity index is 1260. The molecular weight excluding hydrogens is 411 g/mol. The number of carbonyl (C=O) groups is 1. The number of benzene rings is 2. The lowest BCUT2D eigenvalue weighted by Gasteiger charge is -2.01. The normalized spacial score (nSPS) is 10.8. The Labute approximate surface area is 173 Å². The van der Waals surface area contributed by atoms with Crippen LogP contribution in [0, 0.1) is 5.82 Å². The van der Waals surface area contributed by atoms with Crippen molar-refractivity contribution in [3.8, 4) is 28.6 Å². The Morgan fingerprint density at radius 2 is 1.97 bits per heavy atom. The summed E-state index contributed by atoms with van der Waals surface area (Å²) in [4.78, 5) is 28.1. The van der Waals surface area contributed by atoms with E-state index in [1.807, 2.05) is 0 Å². The van der Waals surface area contributed by atoms with E-state index in [-0.39, 0.29) is 18.4 Å². The molecule has 0 unspecified atom stereocenters. The Balaban J connectivity index is 1.37. The van der Waals surface area contributed by atoms with Crippen molar-refractivity contribution in [2.45, 2.75) is 13.2 Å². The van der Waals surface area contributed by atoms with Crippen LogP contribution in [-0.2, 0) is 22.7 Å². The standard InChI is InChI=1S/C20H15FN4O6/c1-28-15-4-2-3-13(9-15)18-22-16(31-24-18)11-29-17(26)10-25-20(27)30-19(23-25)12-5-7-14(21)8-6-12/h2-9H,10-11H2,1H3. The molecule has 4 aromatic rings. The largest absolute Gasteiger partial charge is 0.497 e. The molecular formula is C20H15FN4O6. The molecule has 2 aromatic carbocycles. The highest BCUT2D eigenvalue weighted by Gasteiger charge is 2.16.